The Balaban J connectivity index is 3.01. The monoisotopic (exact) mass is 308 g/mol. The molecule has 0 fully saturated rings. The van der Waals surface area contributed by atoms with Crippen LogP contribution in [0.3, 0.4) is 0 Å². The first kappa shape index (κ1) is 17.3. The molecule has 1 aromatic rings. The van der Waals surface area contributed by atoms with E-state index in [2.05, 4.69) is 16.4 Å². The van der Waals surface area contributed by atoms with Gasteiger partial charge in [-0.25, -0.2) is 4.98 Å². The number of hydrogen-bond acceptors (Lipinski definition) is 4. The van der Waals surface area contributed by atoms with Crippen molar-refractivity contribution in [2.45, 2.75) is 27.2 Å². The number of carbonyl (C=O) groups is 1. The quantitative estimate of drug-likeness (QED) is 0.840. The van der Waals surface area contributed by atoms with Gasteiger partial charge in [0, 0.05) is 19.6 Å². The average molecular weight is 309 g/mol. The maximum Gasteiger partial charge on any atom is 0.274 e. The highest BCUT2D eigenvalue weighted by atomic mass is 35.5. The number of hydrogen-bond donors (Lipinski definition) is 1. The van der Waals surface area contributed by atoms with Gasteiger partial charge in [-0.1, -0.05) is 25.4 Å². The lowest BCUT2D eigenvalue weighted by atomic mass is 10.2. The van der Waals surface area contributed by atoms with Crippen molar-refractivity contribution in [1.29, 1.82) is 5.26 Å². The van der Waals surface area contributed by atoms with Gasteiger partial charge in [0.25, 0.3) is 5.91 Å². The smallest absolute Gasteiger partial charge is 0.274 e. The van der Waals surface area contributed by atoms with Gasteiger partial charge in [0.1, 0.15) is 11.5 Å². The highest BCUT2D eigenvalue weighted by molar-refractivity contribution is 6.33. The molecule has 0 aromatic carbocycles. The van der Waals surface area contributed by atoms with E-state index < -0.39 is 0 Å². The second kappa shape index (κ2) is 8.48. The molecule has 0 radical (unpaired) electrons. The molecular formula is C15H21ClN4O. The third-order valence-electron chi connectivity index (χ3n) is 2.77. The first-order chi connectivity index (χ1) is 9.99. The number of pyridine rings is 1. The molecule has 0 aliphatic rings. The van der Waals surface area contributed by atoms with Crippen LogP contribution in [-0.2, 0) is 0 Å². The van der Waals surface area contributed by atoms with Crippen LogP contribution in [0.5, 0.6) is 0 Å². The molecule has 1 heterocycles. The fourth-order valence-electron chi connectivity index (χ4n) is 1.92. The zero-order chi connectivity index (χ0) is 15.8. The molecular weight excluding hydrogens is 288 g/mol. The number of nitrogens with zero attached hydrogens (tertiary/aromatic N) is 3. The Labute approximate surface area is 130 Å². The molecule has 114 valence electrons. The molecule has 0 atom stereocenters. The van der Waals surface area contributed by atoms with Crippen LogP contribution >= 0.6 is 11.6 Å². The number of amides is 1. The standard InChI is InChI=1S/C15H21ClN4O/c1-4-18-13-7-6-12(16)14(19-13)15(21)20(9-5-8-17)10-11(2)3/h6-7,11H,4-5,9-10H2,1-3H3,(H,18,19). The predicted octanol–water partition coefficient (Wildman–Crippen LogP) is 3.18. The summed E-state index contributed by atoms with van der Waals surface area (Å²) in [4.78, 5) is 18.5. The van der Waals surface area contributed by atoms with Crippen LogP contribution in [0.15, 0.2) is 12.1 Å². The molecule has 1 amide bonds. The minimum Gasteiger partial charge on any atom is -0.370 e. The van der Waals surface area contributed by atoms with Gasteiger partial charge in [0.2, 0.25) is 0 Å². The maximum atomic E-state index is 12.6. The minimum absolute atomic E-state index is 0.230. The van der Waals surface area contributed by atoms with Crippen molar-refractivity contribution in [3.05, 3.63) is 22.8 Å². The molecule has 0 aliphatic carbocycles. The number of carbonyl (C=O) groups excluding carboxylic acids is 1. The summed E-state index contributed by atoms with van der Waals surface area (Å²) in [5, 5.41) is 12.1. The predicted molar refractivity (Wildman–Crippen MR) is 84.4 cm³/mol. The summed E-state index contributed by atoms with van der Waals surface area (Å²) >= 11 is 6.10. The zero-order valence-electron chi connectivity index (χ0n) is 12.7. The van der Waals surface area contributed by atoms with Gasteiger partial charge in [0.05, 0.1) is 17.5 Å². The normalized spacial score (nSPS) is 10.3. The number of aromatic nitrogens is 1. The van der Waals surface area contributed by atoms with Gasteiger partial charge in [-0.15, -0.1) is 0 Å². The first-order valence-corrected chi connectivity index (χ1v) is 7.44. The van der Waals surface area contributed by atoms with E-state index in [9.17, 15) is 4.79 Å². The second-order valence-electron chi connectivity index (χ2n) is 5.11. The van der Waals surface area contributed by atoms with Crippen LogP contribution in [0, 0.1) is 17.2 Å². The van der Waals surface area contributed by atoms with Gasteiger partial charge in [-0.05, 0) is 25.0 Å². The van der Waals surface area contributed by atoms with Crippen molar-refractivity contribution < 1.29 is 4.79 Å². The summed E-state index contributed by atoms with van der Waals surface area (Å²) in [6.07, 6.45) is 0.295. The fourth-order valence-corrected chi connectivity index (χ4v) is 2.11. The molecule has 6 heteroatoms. The molecule has 1 rings (SSSR count). The van der Waals surface area contributed by atoms with E-state index in [4.69, 9.17) is 16.9 Å². The second-order valence-corrected chi connectivity index (χ2v) is 5.52. The minimum atomic E-state index is -0.233. The molecule has 0 saturated carbocycles. The number of halogens is 1. The van der Waals surface area contributed by atoms with Crippen LogP contribution in [0.2, 0.25) is 5.02 Å². The first-order valence-electron chi connectivity index (χ1n) is 7.06. The van der Waals surface area contributed by atoms with Gasteiger partial charge < -0.3 is 10.2 Å². The van der Waals surface area contributed by atoms with Crippen molar-refractivity contribution in [1.82, 2.24) is 9.88 Å². The molecule has 0 unspecified atom stereocenters. The summed E-state index contributed by atoms with van der Waals surface area (Å²) < 4.78 is 0. The molecule has 0 aliphatic heterocycles. The lowest BCUT2D eigenvalue weighted by Gasteiger charge is -2.23. The van der Waals surface area contributed by atoms with Crippen molar-refractivity contribution in [2.75, 3.05) is 25.0 Å². The van der Waals surface area contributed by atoms with E-state index in [0.717, 1.165) is 0 Å². The van der Waals surface area contributed by atoms with E-state index in [1.54, 1.807) is 17.0 Å². The largest absolute Gasteiger partial charge is 0.370 e. The molecule has 1 aromatic heterocycles. The van der Waals surface area contributed by atoms with E-state index in [1.165, 1.54) is 0 Å². The summed E-state index contributed by atoms with van der Waals surface area (Å²) in [7, 11) is 0. The Morgan fingerprint density at radius 1 is 1.52 bits per heavy atom. The Morgan fingerprint density at radius 3 is 2.81 bits per heavy atom. The third-order valence-corrected chi connectivity index (χ3v) is 3.08. The highest BCUT2D eigenvalue weighted by Gasteiger charge is 2.21. The van der Waals surface area contributed by atoms with Crippen LogP contribution in [-0.4, -0.2) is 35.4 Å². The van der Waals surface area contributed by atoms with Gasteiger partial charge >= 0.3 is 0 Å². The van der Waals surface area contributed by atoms with E-state index in [1.807, 2.05) is 20.8 Å². The molecule has 0 spiro atoms. The van der Waals surface area contributed by atoms with Crippen molar-refractivity contribution >= 4 is 23.3 Å². The Hall–Kier alpha value is -1.80. The van der Waals surface area contributed by atoms with Gasteiger partial charge in [-0.3, -0.25) is 4.79 Å². The highest BCUT2D eigenvalue weighted by Crippen LogP contribution is 2.19. The molecule has 1 N–H and O–H groups in total. The number of rotatable bonds is 7. The van der Waals surface area contributed by atoms with Crippen LogP contribution in [0.4, 0.5) is 5.82 Å². The van der Waals surface area contributed by atoms with Crippen molar-refractivity contribution in [3.63, 3.8) is 0 Å². The molecule has 5 nitrogen and oxygen atoms in total. The van der Waals surface area contributed by atoms with Gasteiger partial charge in [-0.2, -0.15) is 5.26 Å². The molecule has 0 bridgehead atoms. The lowest BCUT2D eigenvalue weighted by Crippen LogP contribution is -2.35. The van der Waals surface area contributed by atoms with Crippen molar-refractivity contribution in [2.24, 2.45) is 5.92 Å². The Kier molecular flexibility index (Phi) is 6.97. The molecule has 0 saturated heterocycles. The van der Waals surface area contributed by atoms with Crippen LogP contribution in [0.1, 0.15) is 37.7 Å². The van der Waals surface area contributed by atoms with E-state index >= 15 is 0 Å². The maximum absolute atomic E-state index is 12.6. The average Bonchev–Trinajstić information content (AvgIpc) is 2.44. The topological polar surface area (TPSA) is 69.0 Å². The van der Waals surface area contributed by atoms with Crippen LogP contribution in [0.25, 0.3) is 0 Å². The molecule has 21 heavy (non-hydrogen) atoms. The van der Waals surface area contributed by atoms with Gasteiger partial charge in [0.15, 0.2) is 0 Å². The SMILES string of the molecule is CCNc1ccc(Cl)c(C(=O)N(CCC#N)CC(C)C)n1. The van der Waals surface area contributed by atoms with Crippen molar-refractivity contribution in [3.8, 4) is 6.07 Å². The Morgan fingerprint density at radius 2 is 2.24 bits per heavy atom. The number of nitrogens with one attached hydrogen (secondary N) is 1. The lowest BCUT2D eigenvalue weighted by molar-refractivity contribution is 0.0734. The summed E-state index contributed by atoms with van der Waals surface area (Å²) in [5.74, 6) is 0.696. The summed E-state index contributed by atoms with van der Waals surface area (Å²) in [6.45, 7) is 7.68. The number of nitriles is 1. The number of anilines is 1. The Bertz CT molecular complexity index is 525. The zero-order valence-corrected chi connectivity index (χ0v) is 13.4. The summed E-state index contributed by atoms with van der Waals surface area (Å²) in [6, 6.07) is 5.47. The fraction of sp³-hybridized carbons (Fsp3) is 0.533. The summed E-state index contributed by atoms with van der Waals surface area (Å²) in [5.41, 5.74) is 0.230. The van der Waals surface area contributed by atoms with Crippen LogP contribution < -0.4 is 5.32 Å². The van der Waals surface area contributed by atoms with E-state index in [-0.39, 0.29) is 11.6 Å². The third kappa shape index (κ3) is 5.24. The van der Waals surface area contributed by atoms with E-state index in [0.29, 0.717) is 42.8 Å².